The third-order valence-electron chi connectivity index (χ3n) is 4.32. The predicted octanol–water partition coefficient (Wildman–Crippen LogP) is 4.04. The number of aromatic nitrogens is 2. The zero-order chi connectivity index (χ0) is 17.3. The molecule has 1 aliphatic heterocycles. The highest BCUT2D eigenvalue weighted by Gasteiger charge is 2.26. The summed E-state index contributed by atoms with van der Waals surface area (Å²) in [5, 5.41) is 18.4. The smallest absolute Gasteiger partial charge is 0.312 e. The van der Waals surface area contributed by atoms with Gasteiger partial charge in [-0.05, 0) is 77.2 Å². The monoisotopic (exact) mass is 459 g/mol. The number of hydrogen-bond acceptors (Lipinski definition) is 5. The number of hydrogen-bond donors (Lipinski definition) is 2. The van der Waals surface area contributed by atoms with Crippen LogP contribution in [0.2, 0.25) is 0 Å². The van der Waals surface area contributed by atoms with Crippen LogP contribution in [0.1, 0.15) is 26.2 Å². The van der Waals surface area contributed by atoms with Crippen LogP contribution in [-0.2, 0) is 6.54 Å². The number of aryl methyl sites for hydroxylation is 1. The molecule has 2 heterocycles. The normalized spacial score (nSPS) is 18.5. The van der Waals surface area contributed by atoms with Crippen LogP contribution in [0, 0.1) is 10.1 Å². The second-order valence-corrected chi connectivity index (χ2v) is 7.49. The first-order chi connectivity index (χ1) is 11.5. The van der Waals surface area contributed by atoms with E-state index in [1.54, 1.807) is 0 Å². The lowest BCUT2D eigenvalue weighted by atomic mass is 10.1. The molecule has 2 aromatic rings. The Hall–Kier alpha value is -1.19. The summed E-state index contributed by atoms with van der Waals surface area (Å²) in [5.74, 6) is 0.701. The quantitative estimate of drug-likeness (QED) is 0.531. The van der Waals surface area contributed by atoms with Crippen molar-refractivity contribution in [3.8, 4) is 0 Å². The third-order valence-corrected chi connectivity index (χ3v) is 6.28. The molecule has 2 N–H and O–H groups in total. The lowest BCUT2D eigenvalue weighted by Gasteiger charge is -2.17. The van der Waals surface area contributed by atoms with Crippen molar-refractivity contribution >= 4 is 54.5 Å². The van der Waals surface area contributed by atoms with Gasteiger partial charge in [-0.3, -0.25) is 10.1 Å². The van der Waals surface area contributed by atoms with Crippen LogP contribution in [0.15, 0.2) is 15.0 Å². The molecule has 1 aromatic carbocycles. The maximum atomic E-state index is 11.5. The molecule has 130 valence electrons. The third kappa shape index (κ3) is 3.29. The Morgan fingerprint density at radius 2 is 2.25 bits per heavy atom. The van der Waals surface area contributed by atoms with Crippen molar-refractivity contribution in [1.82, 2.24) is 14.9 Å². The lowest BCUT2D eigenvalue weighted by Crippen LogP contribution is -2.23. The molecule has 0 spiro atoms. The van der Waals surface area contributed by atoms with Gasteiger partial charge in [-0.25, -0.2) is 4.98 Å². The van der Waals surface area contributed by atoms with Gasteiger partial charge in [0.25, 0.3) is 0 Å². The molecule has 1 aromatic heterocycles. The van der Waals surface area contributed by atoms with Crippen molar-refractivity contribution in [3.05, 3.63) is 25.1 Å². The topological polar surface area (TPSA) is 85.0 Å². The molecule has 1 fully saturated rings. The molecule has 0 amide bonds. The molecule has 24 heavy (non-hydrogen) atoms. The fourth-order valence-electron chi connectivity index (χ4n) is 3.13. The standard InChI is InChI=1S/C15H19Br2N5O2/c1-2-21-11-8-10(16)12(17)14(22(23)24)13(11)20-15(21)19-9-4-3-6-18-7-5-9/h8-9,18H,2-7H2,1H3,(H,19,20). The number of nitro benzene ring substituents is 1. The Bertz CT molecular complexity index is 769. The number of fused-ring (bicyclic) bond motifs is 1. The van der Waals surface area contributed by atoms with E-state index in [9.17, 15) is 10.1 Å². The molecular weight excluding hydrogens is 442 g/mol. The average Bonchev–Trinajstić information content (AvgIpc) is 2.71. The van der Waals surface area contributed by atoms with E-state index in [1.165, 1.54) is 0 Å². The molecule has 3 rings (SSSR count). The summed E-state index contributed by atoms with van der Waals surface area (Å²) in [7, 11) is 0. The van der Waals surface area contributed by atoms with Gasteiger partial charge in [-0.15, -0.1) is 0 Å². The first-order valence-corrected chi connectivity index (χ1v) is 9.61. The fraction of sp³-hybridized carbons (Fsp3) is 0.533. The van der Waals surface area contributed by atoms with E-state index in [4.69, 9.17) is 0 Å². The molecule has 0 radical (unpaired) electrons. The SMILES string of the molecule is CCn1c(NC2CCCNCC2)nc2c([N+](=O)[O-])c(Br)c(Br)cc21. The zero-order valence-corrected chi connectivity index (χ0v) is 16.5. The van der Waals surface area contributed by atoms with Crippen LogP contribution in [0.4, 0.5) is 11.6 Å². The fourth-order valence-corrected chi connectivity index (χ4v) is 3.98. The molecule has 1 saturated heterocycles. The molecule has 0 bridgehead atoms. The number of benzene rings is 1. The number of rotatable bonds is 4. The van der Waals surface area contributed by atoms with Crippen molar-refractivity contribution < 1.29 is 4.92 Å². The summed E-state index contributed by atoms with van der Waals surface area (Å²) < 4.78 is 3.07. The van der Waals surface area contributed by atoms with E-state index in [1.807, 2.05) is 17.6 Å². The molecule has 0 aliphatic carbocycles. The Balaban J connectivity index is 2.08. The second kappa shape index (κ2) is 7.37. The van der Waals surface area contributed by atoms with Crippen molar-refractivity contribution in [2.75, 3.05) is 18.4 Å². The largest absolute Gasteiger partial charge is 0.353 e. The van der Waals surface area contributed by atoms with Crippen molar-refractivity contribution in [2.24, 2.45) is 0 Å². The zero-order valence-electron chi connectivity index (χ0n) is 13.3. The Morgan fingerprint density at radius 3 is 2.96 bits per heavy atom. The number of imidazole rings is 1. The molecule has 9 heteroatoms. The van der Waals surface area contributed by atoms with E-state index >= 15 is 0 Å². The van der Waals surface area contributed by atoms with Crippen LogP contribution in [0.3, 0.4) is 0 Å². The van der Waals surface area contributed by atoms with Gasteiger partial charge < -0.3 is 15.2 Å². The minimum absolute atomic E-state index is 0.00263. The van der Waals surface area contributed by atoms with Gasteiger partial charge in [0.05, 0.1) is 10.4 Å². The molecule has 7 nitrogen and oxygen atoms in total. The number of halogens is 2. The van der Waals surface area contributed by atoms with Gasteiger partial charge >= 0.3 is 5.69 Å². The van der Waals surface area contributed by atoms with Crippen LogP contribution in [0.25, 0.3) is 11.0 Å². The maximum Gasteiger partial charge on any atom is 0.312 e. The highest BCUT2D eigenvalue weighted by molar-refractivity contribution is 9.13. The lowest BCUT2D eigenvalue weighted by molar-refractivity contribution is -0.384. The molecule has 1 unspecified atom stereocenters. The van der Waals surface area contributed by atoms with E-state index in [2.05, 4.69) is 47.5 Å². The second-order valence-electron chi connectivity index (χ2n) is 5.85. The minimum Gasteiger partial charge on any atom is -0.353 e. The predicted molar refractivity (Wildman–Crippen MR) is 102 cm³/mol. The first-order valence-electron chi connectivity index (χ1n) is 8.02. The Labute approximate surface area is 156 Å². The summed E-state index contributed by atoms with van der Waals surface area (Å²) in [6, 6.07) is 2.20. The van der Waals surface area contributed by atoms with Crippen LogP contribution < -0.4 is 10.6 Å². The molecule has 1 atom stereocenters. The number of nitrogens with zero attached hydrogens (tertiary/aromatic N) is 3. The van der Waals surface area contributed by atoms with Gasteiger partial charge in [-0.1, -0.05) is 0 Å². The average molecular weight is 461 g/mol. The molecule has 1 aliphatic rings. The number of anilines is 1. The van der Waals surface area contributed by atoms with Crippen molar-refractivity contribution in [3.63, 3.8) is 0 Å². The molecule has 0 saturated carbocycles. The first kappa shape index (κ1) is 17.6. The van der Waals surface area contributed by atoms with Gasteiger partial charge in [0.2, 0.25) is 5.95 Å². The van der Waals surface area contributed by atoms with Gasteiger partial charge in [-0.2, -0.15) is 0 Å². The summed E-state index contributed by atoms with van der Waals surface area (Å²) in [4.78, 5) is 15.7. The molecular formula is C15H19Br2N5O2. The Morgan fingerprint density at radius 1 is 1.46 bits per heavy atom. The summed E-state index contributed by atoms with van der Waals surface area (Å²) in [6.07, 6.45) is 3.19. The van der Waals surface area contributed by atoms with E-state index in [0.717, 1.165) is 37.9 Å². The number of nitro groups is 1. The van der Waals surface area contributed by atoms with E-state index in [0.29, 0.717) is 33.0 Å². The summed E-state index contributed by atoms with van der Waals surface area (Å²) >= 11 is 6.70. The van der Waals surface area contributed by atoms with Gasteiger partial charge in [0.15, 0.2) is 5.52 Å². The van der Waals surface area contributed by atoms with Gasteiger partial charge in [0, 0.05) is 17.1 Å². The summed E-state index contributed by atoms with van der Waals surface area (Å²) in [6.45, 7) is 4.72. The van der Waals surface area contributed by atoms with Crippen LogP contribution in [0.5, 0.6) is 0 Å². The van der Waals surface area contributed by atoms with E-state index < -0.39 is 0 Å². The van der Waals surface area contributed by atoms with E-state index in [-0.39, 0.29) is 10.6 Å². The highest BCUT2D eigenvalue weighted by atomic mass is 79.9. The van der Waals surface area contributed by atoms with Gasteiger partial charge in [0.1, 0.15) is 4.47 Å². The minimum atomic E-state index is -0.385. The van der Waals surface area contributed by atoms with Crippen molar-refractivity contribution in [1.29, 1.82) is 0 Å². The summed E-state index contributed by atoms with van der Waals surface area (Å²) in [5.41, 5.74) is 1.16. The number of nitrogens with one attached hydrogen (secondary N) is 2. The highest BCUT2D eigenvalue weighted by Crippen LogP contribution is 2.40. The van der Waals surface area contributed by atoms with Crippen LogP contribution >= 0.6 is 31.9 Å². The van der Waals surface area contributed by atoms with Crippen molar-refractivity contribution in [2.45, 2.75) is 38.8 Å². The Kier molecular flexibility index (Phi) is 5.41. The maximum absolute atomic E-state index is 11.5. The van der Waals surface area contributed by atoms with Crippen LogP contribution in [-0.4, -0.2) is 33.6 Å².